The zero-order valence-corrected chi connectivity index (χ0v) is 18.5. The first-order chi connectivity index (χ1) is 15.5. The van der Waals surface area contributed by atoms with Gasteiger partial charge in [-0.15, -0.1) is 0 Å². The van der Waals surface area contributed by atoms with Crippen molar-refractivity contribution in [2.45, 2.75) is 50.6 Å². The van der Waals surface area contributed by atoms with Crippen LogP contribution in [-0.4, -0.2) is 46.5 Å². The molecule has 1 aromatic heterocycles. The molecule has 1 aliphatic carbocycles. The summed E-state index contributed by atoms with van der Waals surface area (Å²) < 4.78 is 15.2. The average molecular weight is 439 g/mol. The van der Waals surface area contributed by atoms with Crippen LogP contribution in [0.1, 0.15) is 50.1 Å². The van der Waals surface area contributed by atoms with Gasteiger partial charge in [-0.1, -0.05) is 30.3 Å². The van der Waals surface area contributed by atoms with Crippen molar-refractivity contribution in [3.05, 3.63) is 70.4 Å². The summed E-state index contributed by atoms with van der Waals surface area (Å²) in [7, 11) is 0. The van der Waals surface area contributed by atoms with Crippen LogP contribution >= 0.6 is 0 Å². The highest BCUT2D eigenvalue weighted by molar-refractivity contribution is 5.75. The number of H-pyrrole nitrogens is 1. The number of rotatable bonds is 6. The Kier molecular flexibility index (Phi) is 7.05. The average Bonchev–Trinajstić information content (AvgIpc) is 3.59. The summed E-state index contributed by atoms with van der Waals surface area (Å²) in [6.45, 7) is 4.46. The van der Waals surface area contributed by atoms with Gasteiger partial charge in [0.2, 0.25) is 6.41 Å². The summed E-state index contributed by atoms with van der Waals surface area (Å²) in [6.07, 6.45) is 5.19. The van der Waals surface area contributed by atoms with Crippen LogP contribution in [0.25, 0.3) is 11.0 Å². The Hall–Kier alpha value is -2.93. The van der Waals surface area contributed by atoms with E-state index >= 15 is 0 Å². The van der Waals surface area contributed by atoms with Crippen molar-refractivity contribution >= 4 is 17.4 Å². The largest absolute Gasteiger partial charge is 0.355 e. The summed E-state index contributed by atoms with van der Waals surface area (Å²) in [5, 5.41) is 2.75. The highest BCUT2D eigenvalue weighted by atomic mass is 19.1. The third-order valence-electron chi connectivity index (χ3n) is 6.33. The van der Waals surface area contributed by atoms with Crippen LogP contribution in [-0.2, 0) is 4.79 Å². The molecule has 5 rings (SSSR count). The molecule has 3 aromatic rings. The van der Waals surface area contributed by atoms with Crippen LogP contribution < -0.4 is 11.0 Å². The zero-order valence-electron chi connectivity index (χ0n) is 18.5. The number of benzene rings is 2. The fraction of sp³-hybridized carbons (Fsp3) is 0.440. The maximum absolute atomic E-state index is 13.5. The molecule has 2 N–H and O–H groups in total. The van der Waals surface area contributed by atoms with Gasteiger partial charge in [-0.05, 0) is 62.3 Å². The molecule has 0 spiro atoms. The highest BCUT2D eigenvalue weighted by Crippen LogP contribution is 2.39. The maximum atomic E-state index is 13.5. The Morgan fingerprint density at radius 1 is 1.12 bits per heavy atom. The Labute approximate surface area is 187 Å². The molecule has 0 radical (unpaired) electrons. The van der Waals surface area contributed by atoms with Crippen molar-refractivity contribution in [1.82, 2.24) is 19.8 Å². The number of halogens is 1. The first kappa shape index (κ1) is 22.3. The van der Waals surface area contributed by atoms with Gasteiger partial charge in [-0.2, -0.15) is 0 Å². The minimum atomic E-state index is -0.337. The number of carbonyl (C=O) groups excluding carboxylic acids is 1. The second kappa shape index (κ2) is 10.1. The van der Waals surface area contributed by atoms with Crippen LogP contribution in [0, 0.1) is 5.82 Å². The van der Waals surface area contributed by atoms with Gasteiger partial charge in [0.05, 0.1) is 11.0 Å². The zero-order chi connectivity index (χ0) is 22.5. The molecule has 1 saturated carbocycles. The monoisotopic (exact) mass is 438 g/mol. The summed E-state index contributed by atoms with van der Waals surface area (Å²) in [4.78, 5) is 27.7. The molecule has 1 amide bonds. The lowest BCUT2D eigenvalue weighted by atomic mass is 10.0. The summed E-state index contributed by atoms with van der Waals surface area (Å²) in [5.41, 5.74) is 2.64. The van der Waals surface area contributed by atoms with Gasteiger partial charge in [0, 0.05) is 31.7 Å². The minimum absolute atomic E-state index is 0.0728. The Morgan fingerprint density at radius 2 is 1.84 bits per heavy atom. The van der Waals surface area contributed by atoms with Crippen LogP contribution in [0.3, 0.4) is 0 Å². The van der Waals surface area contributed by atoms with Crippen molar-refractivity contribution in [3.8, 4) is 0 Å². The number of amides is 1. The SMILES string of the molecule is CC(CN1CCC(n2c(=O)[nH]c3ccc(F)cc32)CC1)NC=O.c1ccc(C2CC2)cc1. The quantitative estimate of drug-likeness (QED) is 0.575. The van der Waals surface area contributed by atoms with Crippen molar-refractivity contribution in [3.63, 3.8) is 0 Å². The molecule has 1 atom stereocenters. The molecular formula is C25H31FN4O2. The van der Waals surface area contributed by atoms with Crippen molar-refractivity contribution < 1.29 is 9.18 Å². The predicted octanol–water partition coefficient (Wildman–Crippen LogP) is 3.80. The Balaban J connectivity index is 0.000000225. The van der Waals surface area contributed by atoms with Gasteiger partial charge < -0.3 is 15.2 Å². The normalized spacial score (nSPS) is 18.1. The number of nitrogens with one attached hydrogen (secondary N) is 2. The van der Waals surface area contributed by atoms with Crippen molar-refractivity contribution in [1.29, 1.82) is 0 Å². The number of imidazole rings is 1. The van der Waals surface area contributed by atoms with Gasteiger partial charge in [-0.25, -0.2) is 9.18 Å². The molecule has 2 aromatic carbocycles. The van der Waals surface area contributed by atoms with Crippen LogP contribution in [0.5, 0.6) is 0 Å². The van der Waals surface area contributed by atoms with Crippen LogP contribution in [0.4, 0.5) is 4.39 Å². The van der Waals surface area contributed by atoms with Gasteiger partial charge in [-0.3, -0.25) is 9.36 Å². The number of piperidine rings is 1. The highest BCUT2D eigenvalue weighted by Gasteiger charge is 2.24. The Morgan fingerprint density at radius 3 is 2.50 bits per heavy atom. The number of carbonyl (C=O) groups is 1. The molecule has 1 unspecified atom stereocenters. The molecule has 1 aliphatic heterocycles. The molecule has 6 nitrogen and oxygen atoms in total. The van der Waals surface area contributed by atoms with E-state index in [1.54, 1.807) is 10.6 Å². The summed E-state index contributed by atoms with van der Waals surface area (Å²) >= 11 is 0. The van der Waals surface area contributed by atoms with E-state index in [0.717, 1.165) is 44.8 Å². The first-order valence-electron chi connectivity index (χ1n) is 11.4. The number of hydrogen-bond donors (Lipinski definition) is 2. The molecule has 32 heavy (non-hydrogen) atoms. The molecule has 2 heterocycles. The first-order valence-corrected chi connectivity index (χ1v) is 11.4. The Bertz CT molecular complexity index is 1080. The standard InChI is InChI=1S/C16H21FN4O2.C9H10/c1-11(18-10-22)9-20-6-4-13(5-7-20)21-15-8-12(17)2-3-14(15)19-16(21)23;1-2-4-8(5-3-1)9-6-7-9/h2-3,8,10-11,13H,4-7,9H2,1H3,(H,18,22)(H,19,23);1-5,9H,6-7H2. The van der Waals surface area contributed by atoms with E-state index in [9.17, 15) is 14.0 Å². The topological polar surface area (TPSA) is 70.1 Å². The number of nitrogens with zero attached hydrogens (tertiary/aromatic N) is 2. The summed E-state index contributed by atoms with van der Waals surface area (Å²) in [5.74, 6) is 0.572. The number of fused-ring (bicyclic) bond motifs is 1. The minimum Gasteiger partial charge on any atom is -0.355 e. The van der Waals surface area contributed by atoms with Gasteiger partial charge >= 0.3 is 5.69 Å². The number of hydrogen-bond acceptors (Lipinski definition) is 3. The number of aromatic nitrogens is 2. The number of likely N-dealkylation sites (tertiary alicyclic amines) is 1. The van der Waals surface area contributed by atoms with Crippen LogP contribution in [0.15, 0.2) is 53.3 Å². The predicted molar refractivity (Wildman–Crippen MR) is 124 cm³/mol. The van der Waals surface area contributed by atoms with E-state index in [4.69, 9.17) is 0 Å². The number of aromatic amines is 1. The smallest absolute Gasteiger partial charge is 0.326 e. The van der Waals surface area contributed by atoms with Crippen molar-refractivity contribution in [2.24, 2.45) is 0 Å². The van der Waals surface area contributed by atoms with Gasteiger partial charge in [0.25, 0.3) is 0 Å². The lowest BCUT2D eigenvalue weighted by molar-refractivity contribution is -0.110. The van der Waals surface area contributed by atoms with Gasteiger partial charge in [0.1, 0.15) is 5.82 Å². The van der Waals surface area contributed by atoms with Crippen molar-refractivity contribution in [2.75, 3.05) is 19.6 Å². The molecule has 0 bridgehead atoms. The van der Waals surface area contributed by atoms with E-state index in [2.05, 4.69) is 45.5 Å². The van der Waals surface area contributed by atoms with E-state index in [0.29, 0.717) is 11.0 Å². The lowest BCUT2D eigenvalue weighted by Crippen LogP contribution is -2.43. The summed E-state index contributed by atoms with van der Waals surface area (Å²) in [6, 6.07) is 15.3. The van der Waals surface area contributed by atoms with E-state index < -0.39 is 0 Å². The molecular weight excluding hydrogens is 407 g/mol. The molecule has 2 fully saturated rings. The maximum Gasteiger partial charge on any atom is 0.326 e. The molecule has 1 saturated heterocycles. The second-order valence-electron chi connectivity index (χ2n) is 8.86. The molecule has 2 aliphatic rings. The fourth-order valence-electron chi connectivity index (χ4n) is 4.52. The van der Waals surface area contributed by atoms with E-state index in [1.807, 2.05) is 6.92 Å². The van der Waals surface area contributed by atoms with E-state index in [-0.39, 0.29) is 23.6 Å². The fourth-order valence-corrected chi connectivity index (χ4v) is 4.52. The van der Waals surface area contributed by atoms with Crippen LogP contribution in [0.2, 0.25) is 0 Å². The second-order valence-corrected chi connectivity index (χ2v) is 8.86. The molecule has 170 valence electrons. The van der Waals surface area contributed by atoms with Gasteiger partial charge in [0.15, 0.2) is 0 Å². The third kappa shape index (κ3) is 5.46. The van der Waals surface area contributed by atoms with E-state index in [1.165, 1.54) is 30.5 Å². The lowest BCUT2D eigenvalue weighted by Gasteiger charge is -2.33. The third-order valence-corrected chi connectivity index (χ3v) is 6.33. The molecule has 7 heteroatoms.